The van der Waals surface area contributed by atoms with Crippen molar-refractivity contribution >= 4 is 40.8 Å². The number of halogens is 2. The molecule has 25 heavy (non-hydrogen) atoms. The average Bonchev–Trinajstić information content (AvgIpc) is 2.52. The Morgan fingerprint density at radius 2 is 1.64 bits per heavy atom. The molecule has 0 heterocycles. The number of hydrazine groups is 1. The molecule has 0 saturated carbocycles. The number of benzene rings is 2. The molecular weight excluding hydrogens is 361 g/mol. The first-order valence-corrected chi connectivity index (χ1v) is 8.36. The number of para-hydroxylation sites is 1. The fourth-order valence-corrected chi connectivity index (χ4v) is 2.58. The lowest BCUT2D eigenvalue weighted by molar-refractivity contribution is 0.0461. The van der Waals surface area contributed by atoms with Crippen LogP contribution in [0.5, 0.6) is 0 Å². The van der Waals surface area contributed by atoms with Gasteiger partial charge in [0.15, 0.2) is 0 Å². The van der Waals surface area contributed by atoms with Crippen molar-refractivity contribution in [3.63, 3.8) is 0 Å². The van der Waals surface area contributed by atoms with Crippen LogP contribution in [0.2, 0.25) is 10.0 Å². The molecule has 0 bridgehead atoms. The minimum Gasteiger partial charge on any atom is -0.307 e. The van der Waals surface area contributed by atoms with Crippen molar-refractivity contribution in [3.05, 3.63) is 64.1 Å². The highest BCUT2D eigenvalue weighted by atomic mass is 35.5. The zero-order chi connectivity index (χ0) is 18.6. The van der Waals surface area contributed by atoms with Crippen LogP contribution in [0.15, 0.2) is 48.5 Å². The fraction of sp³-hybridized carbons (Fsp3) is 0.222. The van der Waals surface area contributed by atoms with Gasteiger partial charge >= 0.3 is 6.03 Å². The molecule has 2 aromatic rings. The van der Waals surface area contributed by atoms with Crippen LogP contribution in [0.25, 0.3) is 0 Å². The van der Waals surface area contributed by atoms with E-state index in [0.29, 0.717) is 10.7 Å². The summed E-state index contributed by atoms with van der Waals surface area (Å²) >= 11 is 12.0. The summed E-state index contributed by atoms with van der Waals surface area (Å²) in [6.07, 6.45) is 0. The molecule has 0 spiro atoms. The summed E-state index contributed by atoms with van der Waals surface area (Å²) in [6, 6.07) is 13.0. The molecule has 0 aliphatic rings. The van der Waals surface area contributed by atoms with Crippen LogP contribution in [0, 0.1) is 0 Å². The second-order valence-electron chi connectivity index (χ2n) is 6.37. The second kappa shape index (κ2) is 7.76. The molecule has 2 rings (SSSR count). The van der Waals surface area contributed by atoms with Crippen molar-refractivity contribution in [2.75, 3.05) is 5.32 Å². The number of carbonyl (C=O) groups is 2. The lowest BCUT2D eigenvalue weighted by atomic mass is 10.1. The highest BCUT2D eigenvalue weighted by molar-refractivity contribution is 6.36. The van der Waals surface area contributed by atoms with E-state index in [-0.39, 0.29) is 10.6 Å². The maximum atomic E-state index is 12.9. The first-order chi connectivity index (χ1) is 11.7. The summed E-state index contributed by atoms with van der Waals surface area (Å²) in [6.45, 7) is 5.41. The van der Waals surface area contributed by atoms with Crippen LogP contribution >= 0.6 is 23.2 Å². The van der Waals surface area contributed by atoms with Gasteiger partial charge in [0, 0.05) is 10.7 Å². The Morgan fingerprint density at radius 1 is 1.00 bits per heavy atom. The molecule has 0 aliphatic heterocycles. The molecule has 0 aromatic heterocycles. The monoisotopic (exact) mass is 379 g/mol. The van der Waals surface area contributed by atoms with Gasteiger partial charge < -0.3 is 5.32 Å². The van der Waals surface area contributed by atoms with Gasteiger partial charge in [0.05, 0.1) is 16.1 Å². The molecule has 132 valence electrons. The SMILES string of the molecule is CC(C)(C)N(NC(=O)Nc1ccccc1)C(=O)c1ccc(Cl)cc1Cl. The van der Waals surface area contributed by atoms with Gasteiger partial charge in [-0.3, -0.25) is 4.79 Å². The number of carbonyl (C=O) groups excluding carboxylic acids is 2. The van der Waals surface area contributed by atoms with Crippen LogP contribution in [-0.2, 0) is 0 Å². The zero-order valence-electron chi connectivity index (χ0n) is 14.1. The number of hydrogen-bond acceptors (Lipinski definition) is 2. The highest BCUT2D eigenvalue weighted by Gasteiger charge is 2.30. The number of anilines is 1. The van der Waals surface area contributed by atoms with Gasteiger partial charge in [-0.05, 0) is 51.1 Å². The summed E-state index contributed by atoms with van der Waals surface area (Å²) in [5.74, 6) is -0.433. The highest BCUT2D eigenvalue weighted by Crippen LogP contribution is 2.24. The van der Waals surface area contributed by atoms with E-state index in [4.69, 9.17) is 23.2 Å². The molecular formula is C18H19Cl2N3O2. The lowest BCUT2D eigenvalue weighted by Crippen LogP contribution is -2.56. The van der Waals surface area contributed by atoms with E-state index in [0.717, 1.165) is 0 Å². The van der Waals surface area contributed by atoms with Crippen LogP contribution in [0.1, 0.15) is 31.1 Å². The van der Waals surface area contributed by atoms with Crippen molar-refractivity contribution in [1.82, 2.24) is 10.4 Å². The van der Waals surface area contributed by atoms with Crippen LogP contribution < -0.4 is 10.7 Å². The Bertz CT molecular complexity index is 774. The van der Waals surface area contributed by atoms with Crippen molar-refractivity contribution in [3.8, 4) is 0 Å². The molecule has 2 N–H and O–H groups in total. The van der Waals surface area contributed by atoms with E-state index >= 15 is 0 Å². The van der Waals surface area contributed by atoms with Crippen molar-refractivity contribution < 1.29 is 9.59 Å². The number of amides is 3. The number of rotatable bonds is 2. The Labute approximate surface area is 156 Å². The third kappa shape index (κ3) is 5.11. The minimum atomic E-state index is -0.673. The Morgan fingerprint density at radius 3 is 2.20 bits per heavy atom. The molecule has 0 saturated heterocycles. The Kier molecular flexibility index (Phi) is 5.93. The van der Waals surface area contributed by atoms with Gasteiger partial charge in [0.25, 0.3) is 5.91 Å². The number of nitrogens with one attached hydrogen (secondary N) is 2. The number of hydrogen-bond donors (Lipinski definition) is 2. The molecule has 5 nitrogen and oxygen atoms in total. The standard InChI is InChI=1S/C18H19Cl2N3O2/c1-18(2,3)23(16(24)14-10-9-12(19)11-15(14)20)22-17(25)21-13-7-5-4-6-8-13/h4-11H,1-3H3,(H2,21,22,25). The van der Waals surface area contributed by atoms with E-state index in [1.807, 2.05) is 6.07 Å². The normalized spacial score (nSPS) is 10.9. The smallest absolute Gasteiger partial charge is 0.307 e. The van der Waals surface area contributed by atoms with Gasteiger partial charge in [0.2, 0.25) is 0 Å². The maximum absolute atomic E-state index is 12.9. The van der Waals surface area contributed by atoms with Crippen molar-refractivity contribution in [2.24, 2.45) is 0 Å². The van der Waals surface area contributed by atoms with Crippen LogP contribution in [0.3, 0.4) is 0 Å². The quantitative estimate of drug-likeness (QED) is 0.723. The summed E-state index contributed by atoms with van der Waals surface area (Å²) in [5, 5.41) is 4.56. The van der Waals surface area contributed by atoms with Crippen LogP contribution in [-0.4, -0.2) is 22.5 Å². The van der Waals surface area contributed by atoms with Crippen molar-refractivity contribution in [1.29, 1.82) is 0 Å². The zero-order valence-corrected chi connectivity index (χ0v) is 15.7. The first-order valence-electron chi connectivity index (χ1n) is 7.61. The van der Waals surface area contributed by atoms with Gasteiger partial charge in [-0.15, -0.1) is 0 Å². The lowest BCUT2D eigenvalue weighted by Gasteiger charge is -2.35. The second-order valence-corrected chi connectivity index (χ2v) is 7.21. The summed E-state index contributed by atoms with van der Waals surface area (Å²) in [5.41, 5.74) is 2.78. The summed E-state index contributed by atoms with van der Waals surface area (Å²) < 4.78 is 0. The molecule has 0 unspecified atom stereocenters. The van der Waals surface area contributed by atoms with Crippen LogP contribution in [0.4, 0.5) is 10.5 Å². The largest absolute Gasteiger partial charge is 0.338 e. The van der Waals surface area contributed by atoms with E-state index in [9.17, 15) is 9.59 Å². The molecule has 0 radical (unpaired) electrons. The van der Waals surface area contributed by atoms with Gasteiger partial charge in [-0.25, -0.2) is 15.2 Å². The van der Waals surface area contributed by atoms with E-state index in [2.05, 4.69) is 10.7 Å². The number of nitrogens with zero attached hydrogens (tertiary/aromatic N) is 1. The van der Waals surface area contributed by atoms with E-state index in [1.165, 1.54) is 17.1 Å². The molecule has 3 amide bonds. The fourth-order valence-electron chi connectivity index (χ4n) is 2.09. The van der Waals surface area contributed by atoms with Crippen molar-refractivity contribution in [2.45, 2.75) is 26.3 Å². The minimum absolute atomic E-state index is 0.219. The topological polar surface area (TPSA) is 61.4 Å². The van der Waals surface area contributed by atoms with Gasteiger partial charge in [0.1, 0.15) is 0 Å². The number of urea groups is 1. The third-order valence-corrected chi connectivity index (χ3v) is 3.83. The molecule has 0 fully saturated rings. The molecule has 0 aliphatic carbocycles. The van der Waals surface area contributed by atoms with E-state index in [1.54, 1.807) is 51.1 Å². The van der Waals surface area contributed by atoms with Gasteiger partial charge in [-0.2, -0.15) is 0 Å². The Hall–Kier alpha value is -2.24. The maximum Gasteiger partial charge on any atom is 0.338 e. The predicted octanol–water partition coefficient (Wildman–Crippen LogP) is 4.97. The molecule has 0 atom stereocenters. The predicted molar refractivity (Wildman–Crippen MR) is 101 cm³/mol. The average molecular weight is 380 g/mol. The van der Waals surface area contributed by atoms with Gasteiger partial charge in [-0.1, -0.05) is 41.4 Å². The Balaban J connectivity index is 2.21. The first kappa shape index (κ1) is 19.1. The summed E-state index contributed by atoms with van der Waals surface area (Å²) in [7, 11) is 0. The third-order valence-electron chi connectivity index (χ3n) is 3.28. The molecule has 7 heteroatoms. The van der Waals surface area contributed by atoms with E-state index < -0.39 is 17.5 Å². The summed E-state index contributed by atoms with van der Waals surface area (Å²) in [4.78, 5) is 25.1. The molecule has 2 aromatic carbocycles.